The molecular weight excluding hydrogens is 514 g/mol. The number of carbonyl (C=O) groups is 2. The summed E-state index contributed by atoms with van der Waals surface area (Å²) >= 11 is 0. The summed E-state index contributed by atoms with van der Waals surface area (Å²) < 4.78 is 33.3. The molecule has 2 heterocycles. The van der Waals surface area contributed by atoms with E-state index in [9.17, 15) is 19.8 Å². The Balaban J connectivity index is 1.31. The fourth-order valence-electron chi connectivity index (χ4n) is 9.83. The van der Waals surface area contributed by atoms with E-state index in [1.807, 2.05) is 43.3 Å². The number of carbonyl (C=O) groups excluding carboxylic acids is 2. The van der Waals surface area contributed by atoms with Gasteiger partial charge in [0.1, 0.15) is 18.6 Å². The molecule has 7 rings (SSSR count). The Bertz CT molecular complexity index is 1510. The van der Waals surface area contributed by atoms with Gasteiger partial charge in [0.2, 0.25) is 0 Å². The first-order valence-electron chi connectivity index (χ1n) is 14.2. The molecular formula is C32H34F2N2O4. The Morgan fingerprint density at radius 1 is 1.15 bits per heavy atom. The molecule has 4 aliphatic carbocycles. The van der Waals surface area contributed by atoms with Gasteiger partial charge in [0.15, 0.2) is 17.2 Å². The number of Topliss-reactive ketones (excluding diaryl/α,β-unsaturated/α-hetero) is 1. The summed E-state index contributed by atoms with van der Waals surface area (Å²) in [4.78, 5) is 32.8. The number of benzene rings is 1. The van der Waals surface area contributed by atoms with Crippen molar-refractivity contribution in [1.29, 1.82) is 0 Å². The maximum Gasteiger partial charge on any atom is 0.178 e. The highest BCUT2D eigenvalue weighted by molar-refractivity contribution is 6.01. The first-order chi connectivity index (χ1) is 19.0. The molecule has 0 radical (unpaired) electrons. The molecule has 8 heteroatoms. The lowest BCUT2D eigenvalue weighted by molar-refractivity contribution is -0.210. The second kappa shape index (κ2) is 8.29. The van der Waals surface area contributed by atoms with Crippen LogP contribution in [0.2, 0.25) is 0 Å². The Morgan fingerprint density at radius 2 is 1.93 bits per heavy atom. The summed E-state index contributed by atoms with van der Waals surface area (Å²) in [7, 11) is 0. The van der Waals surface area contributed by atoms with Gasteiger partial charge in [-0.2, -0.15) is 0 Å². The lowest BCUT2D eigenvalue weighted by atomic mass is 9.43. The molecule has 0 spiro atoms. The lowest BCUT2D eigenvalue weighted by Gasteiger charge is -2.63. The fraction of sp³-hybridized carbons (Fsp3) is 0.531. The normalized spacial score (nSPS) is 43.6. The standard InChI is InChI=1S/C32H34F2N2O4/c1-29-10-9-20(38)12-23(29)24(33)13-22-21-11-19-15-36(28-8-7-18-5-3-4-6-25(18)35-28)17-31(19,27(40)16-37)30(21,2)14-26(39)32(22,29)34/h3-10,12,19,21-22,24,26,37,39H,11,13-17H2,1-2H3/t19-,21-,22-,24-,26-,29-,30-,31+,32-/m0/s1. The molecule has 210 valence electrons. The Labute approximate surface area is 231 Å². The quantitative estimate of drug-likeness (QED) is 0.599. The Hall–Kier alpha value is -2.97. The number of aliphatic hydroxyl groups excluding tert-OH is 2. The predicted molar refractivity (Wildman–Crippen MR) is 146 cm³/mol. The summed E-state index contributed by atoms with van der Waals surface area (Å²) in [5, 5.41) is 22.9. The largest absolute Gasteiger partial charge is 0.390 e. The zero-order valence-corrected chi connectivity index (χ0v) is 22.7. The van der Waals surface area contributed by atoms with E-state index in [0.29, 0.717) is 19.5 Å². The third kappa shape index (κ3) is 2.96. The number of allylic oxidation sites excluding steroid dienone is 4. The van der Waals surface area contributed by atoms with Gasteiger partial charge in [-0.1, -0.05) is 31.2 Å². The van der Waals surface area contributed by atoms with E-state index in [0.717, 1.165) is 16.7 Å². The second-order valence-electron chi connectivity index (χ2n) is 13.1. The van der Waals surface area contributed by atoms with Gasteiger partial charge in [-0.05, 0) is 79.4 Å². The maximum atomic E-state index is 17.5. The molecule has 2 aromatic rings. The van der Waals surface area contributed by atoms with Crippen LogP contribution < -0.4 is 4.90 Å². The van der Waals surface area contributed by atoms with Crippen LogP contribution in [0, 0.1) is 34.0 Å². The van der Waals surface area contributed by atoms with Crippen molar-refractivity contribution < 1.29 is 28.6 Å². The molecule has 1 aromatic heterocycles. The van der Waals surface area contributed by atoms with Crippen molar-refractivity contribution in [1.82, 2.24) is 4.98 Å². The molecule has 0 amide bonds. The van der Waals surface area contributed by atoms with Crippen LogP contribution in [0.1, 0.15) is 33.1 Å². The summed E-state index contributed by atoms with van der Waals surface area (Å²) in [5.41, 5.74) is -4.63. The number of rotatable bonds is 3. The summed E-state index contributed by atoms with van der Waals surface area (Å²) in [6, 6.07) is 11.7. The van der Waals surface area contributed by atoms with E-state index in [1.54, 1.807) is 6.92 Å². The number of halogens is 2. The highest BCUT2D eigenvalue weighted by atomic mass is 19.1. The molecule has 5 aliphatic rings. The van der Waals surface area contributed by atoms with Crippen molar-refractivity contribution in [2.45, 2.75) is 51.1 Å². The number of pyridine rings is 1. The van der Waals surface area contributed by atoms with Crippen LogP contribution in [0.4, 0.5) is 14.6 Å². The number of para-hydroxylation sites is 1. The van der Waals surface area contributed by atoms with Crippen LogP contribution in [0.15, 0.2) is 60.2 Å². The lowest BCUT2D eigenvalue weighted by Crippen LogP contribution is -2.69. The number of aliphatic hydroxyl groups is 2. The van der Waals surface area contributed by atoms with Gasteiger partial charge in [0.05, 0.1) is 17.0 Å². The molecule has 2 N–H and O–H groups in total. The van der Waals surface area contributed by atoms with E-state index in [4.69, 9.17) is 4.98 Å². The third-order valence-electron chi connectivity index (χ3n) is 11.7. The predicted octanol–water partition coefficient (Wildman–Crippen LogP) is 4.15. The van der Waals surface area contributed by atoms with Crippen LogP contribution in [0.5, 0.6) is 0 Å². The summed E-state index contributed by atoms with van der Waals surface area (Å²) in [5.74, 6) is -1.40. The smallest absolute Gasteiger partial charge is 0.178 e. The average molecular weight is 549 g/mol. The highest BCUT2D eigenvalue weighted by Gasteiger charge is 2.78. The van der Waals surface area contributed by atoms with Crippen LogP contribution >= 0.6 is 0 Å². The van der Waals surface area contributed by atoms with E-state index in [1.165, 1.54) is 18.2 Å². The van der Waals surface area contributed by atoms with Gasteiger partial charge in [-0.25, -0.2) is 13.8 Å². The molecule has 40 heavy (non-hydrogen) atoms. The molecule has 9 atom stereocenters. The molecule has 0 bridgehead atoms. The zero-order chi connectivity index (χ0) is 28.2. The molecule has 3 saturated carbocycles. The molecule has 1 aliphatic heterocycles. The number of anilines is 1. The third-order valence-corrected chi connectivity index (χ3v) is 11.7. The molecule has 0 unspecified atom stereocenters. The molecule has 6 nitrogen and oxygen atoms in total. The van der Waals surface area contributed by atoms with Crippen molar-refractivity contribution >= 4 is 28.3 Å². The number of ketones is 2. The number of aromatic nitrogens is 1. The van der Waals surface area contributed by atoms with E-state index in [-0.39, 0.29) is 41.8 Å². The number of nitrogens with zero attached hydrogens (tertiary/aromatic N) is 2. The topological polar surface area (TPSA) is 90.7 Å². The van der Waals surface area contributed by atoms with Crippen molar-refractivity contribution in [2.75, 3.05) is 24.6 Å². The first kappa shape index (κ1) is 26.0. The van der Waals surface area contributed by atoms with Gasteiger partial charge >= 0.3 is 0 Å². The second-order valence-corrected chi connectivity index (χ2v) is 13.1. The average Bonchev–Trinajstić information content (AvgIpc) is 3.44. The minimum absolute atomic E-state index is 0.00744. The maximum absolute atomic E-state index is 17.5. The van der Waals surface area contributed by atoms with Crippen molar-refractivity contribution in [3.05, 3.63) is 60.2 Å². The highest BCUT2D eigenvalue weighted by Crippen LogP contribution is 2.74. The Morgan fingerprint density at radius 3 is 2.70 bits per heavy atom. The fourth-order valence-corrected chi connectivity index (χ4v) is 9.83. The molecule has 1 saturated heterocycles. The minimum atomic E-state index is -2.19. The van der Waals surface area contributed by atoms with Crippen molar-refractivity contribution in [2.24, 2.45) is 34.0 Å². The van der Waals surface area contributed by atoms with Crippen LogP contribution in [-0.2, 0) is 9.59 Å². The van der Waals surface area contributed by atoms with E-state index in [2.05, 4.69) is 4.90 Å². The Kier molecular flexibility index (Phi) is 5.38. The van der Waals surface area contributed by atoms with E-state index < -0.39 is 46.7 Å². The minimum Gasteiger partial charge on any atom is -0.390 e. The van der Waals surface area contributed by atoms with Gasteiger partial charge in [0, 0.05) is 29.8 Å². The van der Waals surface area contributed by atoms with E-state index >= 15 is 8.78 Å². The van der Waals surface area contributed by atoms with Crippen LogP contribution in [0.3, 0.4) is 0 Å². The summed E-state index contributed by atoms with van der Waals surface area (Å²) in [6.07, 6.45) is 1.24. The molecule has 4 fully saturated rings. The summed E-state index contributed by atoms with van der Waals surface area (Å²) in [6.45, 7) is 3.67. The van der Waals surface area contributed by atoms with Gasteiger partial charge < -0.3 is 15.1 Å². The SMILES string of the molecule is C[C@]12C=CC(=O)C=C1[C@@H](F)C[C@H]1[C@@H]3C[C@H]4CN(c5ccc6ccccc6n5)C[C@@]4(C(=O)CO)[C@@]3(C)C[C@H](O)[C@@]12F. The van der Waals surface area contributed by atoms with Crippen LogP contribution in [-0.4, -0.2) is 64.4 Å². The van der Waals surface area contributed by atoms with Crippen LogP contribution in [0.25, 0.3) is 10.9 Å². The zero-order valence-electron chi connectivity index (χ0n) is 22.7. The van der Waals surface area contributed by atoms with Gasteiger partial charge in [0.25, 0.3) is 0 Å². The number of fused-ring (bicyclic) bond motifs is 8. The monoisotopic (exact) mass is 548 g/mol. The number of hydrogen-bond acceptors (Lipinski definition) is 6. The molecule has 1 aromatic carbocycles. The van der Waals surface area contributed by atoms with Crippen molar-refractivity contribution in [3.8, 4) is 0 Å². The number of hydrogen-bond donors (Lipinski definition) is 2. The van der Waals surface area contributed by atoms with Gasteiger partial charge in [-0.3, -0.25) is 9.59 Å². The first-order valence-corrected chi connectivity index (χ1v) is 14.2. The van der Waals surface area contributed by atoms with Gasteiger partial charge in [-0.15, -0.1) is 0 Å². The number of alkyl halides is 2. The van der Waals surface area contributed by atoms with Crippen molar-refractivity contribution in [3.63, 3.8) is 0 Å².